The molecule has 0 radical (unpaired) electrons. The van der Waals surface area contributed by atoms with E-state index in [1.165, 1.54) is 12.8 Å². The second-order valence-electron chi connectivity index (χ2n) is 6.81. The first-order valence-corrected chi connectivity index (χ1v) is 9.56. The maximum absolute atomic E-state index is 5.43. The summed E-state index contributed by atoms with van der Waals surface area (Å²) < 4.78 is 12.1. The molecule has 7 nitrogen and oxygen atoms in total. The number of piperidine rings is 1. The fraction of sp³-hybridized carbons (Fsp3) is 0.750. The number of hydrogen-bond donors (Lipinski definition) is 0. The Morgan fingerprint density at radius 2 is 2.00 bits per heavy atom. The second kappa shape index (κ2) is 7.14. The van der Waals surface area contributed by atoms with Crippen molar-refractivity contribution in [3.8, 4) is 0 Å². The maximum Gasteiger partial charge on any atom is 0.205 e. The van der Waals surface area contributed by atoms with Crippen LogP contribution in [0.4, 0.5) is 5.13 Å². The van der Waals surface area contributed by atoms with Gasteiger partial charge in [-0.05, 0) is 31.6 Å². The fourth-order valence-corrected chi connectivity index (χ4v) is 4.35. The summed E-state index contributed by atoms with van der Waals surface area (Å²) in [5, 5.41) is 9.28. The van der Waals surface area contributed by atoms with Crippen LogP contribution in [-0.4, -0.2) is 50.4 Å². The molecule has 2 aromatic rings. The molecule has 2 saturated heterocycles. The van der Waals surface area contributed by atoms with E-state index in [0.717, 1.165) is 62.3 Å². The Balaban J connectivity index is 1.32. The first-order valence-electron chi connectivity index (χ1n) is 8.79. The van der Waals surface area contributed by atoms with Gasteiger partial charge in [0.1, 0.15) is 18.0 Å². The van der Waals surface area contributed by atoms with Gasteiger partial charge in [-0.15, -0.1) is 10.2 Å². The van der Waals surface area contributed by atoms with Gasteiger partial charge in [0.25, 0.3) is 0 Å². The predicted molar refractivity (Wildman–Crippen MR) is 92.3 cm³/mol. The van der Waals surface area contributed by atoms with Crippen molar-refractivity contribution in [1.29, 1.82) is 0 Å². The van der Waals surface area contributed by atoms with Gasteiger partial charge in [0, 0.05) is 57.2 Å². The number of rotatable bonds is 4. The molecule has 0 aliphatic carbocycles. The summed E-state index contributed by atoms with van der Waals surface area (Å²) >= 11 is 1.56. The standard InChI is InChI=1S/C16H24N6OS/c1-21-11-17-19-14(21)10-12-2-6-22(7-3-12)16-18-15(20-24-16)13-4-8-23-9-5-13/h11-13H,2-10H2,1H3. The molecule has 0 N–H and O–H groups in total. The van der Waals surface area contributed by atoms with E-state index in [1.54, 1.807) is 17.9 Å². The summed E-state index contributed by atoms with van der Waals surface area (Å²) in [7, 11) is 2.02. The van der Waals surface area contributed by atoms with Crippen LogP contribution < -0.4 is 4.90 Å². The van der Waals surface area contributed by atoms with Crippen molar-refractivity contribution < 1.29 is 4.74 Å². The van der Waals surface area contributed by atoms with E-state index < -0.39 is 0 Å². The Kier molecular flexibility index (Phi) is 4.75. The Bertz CT molecular complexity index is 657. The SMILES string of the molecule is Cn1cnnc1CC1CCN(c2nc(C3CCOCC3)ns2)CC1. The summed E-state index contributed by atoms with van der Waals surface area (Å²) in [5.74, 6) is 3.29. The van der Waals surface area contributed by atoms with E-state index in [9.17, 15) is 0 Å². The highest BCUT2D eigenvalue weighted by Gasteiger charge is 2.25. The second-order valence-corrected chi connectivity index (χ2v) is 7.54. The van der Waals surface area contributed by atoms with Crippen LogP contribution in [0.15, 0.2) is 6.33 Å². The van der Waals surface area contributed by atoms with E-state index in [1.807, 2.05) is 11.6 Å². The van der Waals surface area contributed by atoms with E-state index in [4.69, 9.17) is 9.72 Å². The molecular formula is C16H24N6OS. The summed E-state index contributed by atoms with van der Waals surface area (Å²) in [4.78, 5) is 7.22. The van der Waals surface area contributed by atoms with Crippen molar-refractivity contribution in [2.24, 2.45) is 13.0 Å². The highest BCUT2D eigenvalue weighted by atomic mass is 32.1. The molecular weight excluding hydrogens is 324 g/mol. The number of aryl methyl sites for hydroxylation is 1. The van der Waals surface area contributed by atoms with Crippen molar-refractivity contribution >= 4 is 16.7 Å². The van der Waals surface area contributed by atoms with Crippen LogP contribution in [0.1, 0.15) is 43.3 Å². The lowest BCUT2D eigenvalue weighted by Crippen LogP contribution is -2.34. The zero-order chi connectivity index (χ0) is 16.4. The van der Waals surface area contributed by atoms with E-state index in [-0.39, 0.29) is 0 Å². The van der Waals surface area contributed by atoms with Gasteiger partial charge >= 0.3 is 0 Å². The van der Waals surface area contributed by atoms with Crippen LogP contribution in [0.25, 0.3) is 0 Å². The van der Waals surface area contributed by atoms with E-state index in [2.05, 4.69) is 19.5 Å². The molecule has 2 fully saturated rings. The predicted octanol–water partition coefficient (Wildman–Crippen LogP) is 2.02. The van der Waals surface area contributed by atoms with Gasteiger partial charge in [-0.2, -0.15) is 4.37 Å². The third-order valence-corrected chi connectivity index (χ3v) is 5.97. The summed E-state index contributed by atoms with van der Waals surface area (Å²) in [6, 6.07) is 0. The minimum Gasteiger partial charge on any atom is -0.381 e. The molecule has 4 rings (SSSR count). The molecule has 130 valence electrons. The number of ether oxygens (including phenoxy) is 1. The van der Waals surface area contributed by atoms with Crippen LogP contribution in [0.5, 0.6) is 0 Å². The number of aromatic nitrogens is 5. The molecule has 2 aliphatic heterocycles. The highest BCUT2D eigenvalue weighted by Crippen LogP contribution is 2.30. The minimum absolute atomic E-state index is 0.484. The average Bonchev–Trinajstić information content (AvgIpc) is 3.26. The lowest BCUT2D eigenvalue weighted by Gasteiger charge is -2.31. The zero-order valence-electron chi connectivity index (χ0n) is 14.1. The smallest absolute Gasteiger partial charge is 0.205 e. The van der Waals surface area contributed by atoms with Gasteiger partial charge in [-0.25, -0.2) is 4.98 Å². The average molecular weight is 348 g/mol. The lowest BCUT2D eigenvalue weighted by atomic mass is 9.93. The Morgan fingerprint density at radius 3 is 2.71 bits per heavy atom. The molecule has 0 atom stereocenters. The molecule has 0 unspecified atom stereocenters. The van der Waals surface area contributed by atoms with Crippen molar-refractivity contribution in [3.05, 3.63) is 18.0 Å². The normalized spacial score (nSPS) is 20.6. The molecule has 0 amide bonds. The van der Waals surface area contributed by atoms with Crippen LogP contribution in [-0.2, 0) is 18.2 Å². The fourth-order valence-electron chi connectivity index (χ4n) is 3.55. The first-order chi connectivity index (χ1) is 11.8. The molecule has 4 heterocycles. The maximum atomic E-state index is 5.43. The number of hydrogen-bond acceptors (Lipinski definition) is 7. The monoisotopic (exact) mass is 348 g/mol. The van der Waals surface area contributed by atoms with Crippen LogP contribution in [0, 0.1) is 5.92 Å². The third kappa shape index (κ3) is 3.44. The third-order valence-electron chi connectivity index (χ3n) is 5.18. The highest BCUT2D eigenvalue weighted by molar-refractivity contribution is 7.09. The molecule has 0 aromatic carbocycles. The van der Waals surface area contributed by atoms with Gasteiger partial charge in [0.15, 0.2) is 0 Å². The lowest BCUT2D eigenvalue weighted by molar-refractivity contribution is 0.0838. The number of anilines is 1. The van der Waals surface area contributed by atoms with Gasteiger partial charge in [0.05, 0.1) is 0 Å². The Hall–Kier alpha value is -1.54. The van der Waals surface area contributed by atoms with Gasteiger partial charge in [-0.3, -0.25) is 0 Å². The van der Waals surface area contributed by atoms with E-state index in [0.29, 0.717) is 11.8 Å². The van der Waals surface area contributed by atoms with Crippen molar-refractivity contribution in [2.45, 2.75) is 38.0 Å². The molecule has 2 aromatic heterocycles. The van der Waals surface area contributed by atoms with Crippen molar-refractivity contribution in [1.82, 2.24) is 24.1 Å². The summed E-state index contributed by atoms with van der Waals surface area (Å²) in [6.07, 6.45) is 7.27. The van der Waals surface area contributed by atoms with Crippen LogP contribution in [0.2, 0.25) is 0 Å². The Morgan fingerprint density at radius 1 is 1.21 bits per heavy atom. The van der Waals surface area contributed by atoms with Crippen LogP contribution in [0.3, 0.4) is 0 Å². The zero-order valence-corrected chi connectivity index (χ0v) is 14.9. The largest absolute Gasteiger partial charge is 0.381 e. The topological polar surface area (TPSA) is 69.0 Å². The molecule has 24 heavy (non-hydrogen) atoms. The minimum atomic E-state index is 0.484. The van der Waals surface area contributed by atoms with Gasteiger partial charge in [0.2, 0.25) is 5.13 Å². The van der Waals surface area contributed by atoms with Crippen LogP contribution >= 0.6 is 11.5 Å². The summed E-state index contributed by atoms with van der Waals surface area (Å²) in [6.45, 7) is 3.80. The van der Waals surface area contributed by atoms with E-state index >= 15 is 0 Å². The van der Waals surface area contributed by atoms with Gasteiger partial charge < -0.3 is 14.2 Å². The summed E-state index contributed by atoms with van der Waals surface area (Å²) in [5.41, 5.74) is 0. The van der Waals surface area contributed by atoms with Gasteiger partial charge in [-0.1, -0.05) is 0 Å². The van der Waals surface area contributed by atoms with Crippen molar-refractivity contribution in [3.63, 3.8) is 0 Å². The Labute approximate surface area is 146 Å². The molecule has 0 bridgehead atoms. The van der Waals surface area contributed by atoms with Crippen molar-refractivity contribution in [2.75, 3.05) is 31.2 Å². The molecule has 0 spiro atoms. The molecule has 8 heteroatoms. The quantitative estimate of drug-likeness (QED) is 0.842. The first kappa shape index (κ1) is 16.0. The molecule has 0 saturated carbocycles. The number of nitrogens with zero attached hydrogens (tertiary/aromatic N) is 6. The molecule has 2 aliphatic rings.